The van der Waals surface area contributed by atoms with Gasteiger partial charge < -0.3 is 5.11 Å². The molecule has 0 bridgehead atoms. The molecule has 0 aliphatic carbocycles. The second-order valence-corrected chi connectivity index (χ2v) is 8.00. The number of nitrogens with zero attached hydrogens (tertiary/aromatic N) is 2. The van der Waals surface area contributed by atoms with Crippen LogP contribution in [0.25, 0.3) is 22.5 Å². The van der Waals surface area contributed by atoms with E-state index in [-0.39, 0.29) is 0 Å². The lowest BCUT2D eigenvalue weighted by Gasteiger charge is -2.13. The Hall–Kier alpha value is -3.01. The van der Waals surface area contributed by atoms with Gasteiger partial charge in [-0.25, -0.2) is 14.8 Å². The lowest BCUT2D eigenvalue weighted by Crippen LogP contribution is -2.03. The van der Waals surface area contributed by atoms with Crippen molar-refractivity contribution in [2.45, 2.75) is 52.9 Å². The maximum atomic E-state index is 11.8. The number of hydrogen-bond acceptors (Lipinski definition) is 3. The van der Waals surface area contributed by atoms with Gasteiger partial charge >= 0.3 is 5.97 Å². The second kappa shape index (κ2) is 10.1. The fourth-order valence-corrected chi connectivity index (χ4v) is 3.50. The van der Waals surface area contributed by atoms with Crippen LogP contribution in [0.15, 0.2) is 54.9 Å². The molecule has 3 rings (SSSR count). The third-order valence-electron chi connectivity index (χ3n) is 5.57. The second-order valence-electron chi connectivity index (χ2n) is 8.00. The minimum Gasteiger partial charge on any atom is -0.478 e. The number of carboxylic acid groups (broad SMARTS) is 1. The lowest BCUT2D eigenvalue weighted by molar-refractivity contribution is 0.0697. The molecule has 0 radical (unpaired) electrons. The molecule has 30 heavy (non-hydrogen) atoms. The van der Waals surface area contributed by atoms with Crippen LogP contribution in [-0.2, 0) is 12.8 Å². The first-order chi connectivity index (χ1) is 14.5. The molecule has 2 aromatic carbocycles. The Labute approximate surface area is 179 Å². The van der Waals surface area contributed by atoms with E-state index in [9.17, 15) is 9.90 Å². The smallest absolute Gasteiger partial charge is 0.336 e. The standard InChI is InChI=1S/C26H30N2O2/c1-4-6-7-20-16-27-25(28-17-20)22-11-9-21(10-12-22)24-15-19(14-18(3)5-2)8-13-23(24)26(29)30/h8-13,15-18H,4-7,14H2,1-3H3,(H,29,30)/t18-/m0/s1. The summed E-state index contributed by atoms with van der Waals surface area (Å²) in [6.45, 7) is 6.56. The summed E-state index contributed by atoms with van der Waals surface area (Å²) < 4.78 is 0. The molecule has 0 saturated heterocycles. The number of benzene rings is 2. The Kier molecular flexibility index (Phi) is 7.34. The summed E-state index contributed by atoms with van der Waals surface area (Å²) in [4.78, 5) is 20.8. The van der Waals surface area contributed by atoms with Gasteiger partial charge in [-0.3, -0.25) is 0 Å². The summed E-state index contributed by atoms with van der Waals surface area (Å²) in [5.41, 5.74) is 5.22. The molecule has 0 amide bonds. The van der Waals surface area contributed by atoms with E-state index in [0.717, 1.165) is 54.4 Å². The van der Waals surface area contributed by atoms with Crippen molar-refractivity contribution in [3.63, 3.8) is 0 Å². The highest BCUT2D eigenvalue weighted by molar-refractivity contribution is 5.96. The van der Waals surface area contributed by atoms with E-state index >= 15 is 0 Å². The Morgan fingerprint density at radius 3 is 2.23 bits per heavy atom. The van der Waals surface area contributed by atoms with E-state index in [1.54, 1.807) is 6.07 Å². The van der Waals surface area contributed by atoms with Gasteiger partial charge in [-0.15, -0.1) is 0 Å². The molecule has 0 unspecified atom stereocenters. The van der Waals surface area contributed by atoms with Gasteiger partial charge in [-0.1, -0.05) is 70.0 Å². The summed E-state index contributed by atoms with van der Waals surface area (Å²) in [6, 6.07) is 13.5. The van der Waals surface area contributed by atoms with E-state index in [1.807, 2.05) is 48.8 Å². The van der Waals surface area contributed by atoms with Crippen molar-refractivity contribution in [1.29, 1.82) is 0 Å². The number of carbonyl (C=O) groups is 1. The molecule has 1 N–H and O–H groups in total. The van der Waals surface area contributed by atoms with Gasteiger partial charge in [0.25, 0.3) is 0 Å². The van der Waals surface area contributed by atoms with Crippen molar-refractivity contribution in [1.82, 2.24) is 9.97 Å². The van der Waals surface area contributed by atoms with Crippen LogP contribution < -0.4 is 0 Å². The Morgan fingerprint density at radius 2 is 1.63 bits per heavy atom. The quantitative estimate of drug-likeness (QED) is 0.447. The van der Waals surface area contributed by atoms with Crippen molar-refractivity contribution in [2.24, 2.45) is 5.92 Å². The topological polar surface area (TPSA) is 63.1 Å². The van der Waals surface area contributed by atoms with E-state index in [4.69, 9.17) is 0 Å². The van der Waals surface area contributed by atoms with Crippen LogP contribution in [0.5, 0.6) is 0 Å². The normalized spacial score (nSPS) is 12.0. The number of carboxylic acids is 1. The molecule has 0 saturated carbocycles. The number of rotatable bonds is 9. The molecule has 156 valence electrons. The minimum absolute atomic E-state index is 0.326. The first kappa shape index (κ1) is 21.7. The first-order valence-corrected chi connectivity index (χ1v) is 10.8. The summed E-state index contributed by atoms with van der Waals surface area (Å²) in [5.74, 6) is 0.342. The first-order valence-electron chi connectivity index (χ1n) is 10.8. The zero-order valence-corrected chi connectivity index (χ0v) is 18.1. The van der Waals surface area contributed by atoms with E-state index in [0.29, 0.717) is 17.3 Å². The number of aromatic nitrogens is 2. The van der Waals surface area contributed by atoms with E-state index in [2.05, 4.69) is 30.7 Å². The van der Waals surface area contributed by atoms with Gasteiger partial charge in [0.05, 0.1) is 5.56 Å². The average molecular weight is 403 g/mol. The molecule has 1 atom stereocenters. The molecule has 4 heteroatoms. The van der Waals surface area contributed by atoms with Crippen molar-refractivity contribution >= 4 is 5.97 Å². The fraction of sp³-hybridized carbons (Fsp3) is 0.346. The van der Waals surface area contributed by atoms with Crippen LogP contribution in [-0.4, -0.2) is 21.0 Å². The Morgan fingerprint density at radius 1 is 0.967 bits per heavy atom. The maximum absolute atomic E-state index is 11.8. The highest BCUT2D eigenvalue weighted by atomic mass is 16.4. The van der Waals surface area contributed by atoms with Gasteiger partial charge in [0.15, 0.2) is 5.82 Å². The van der Waals surface area contributed by atoms with E-state index < -0.39 is 5.97 Å². The molecular weight excluding hydrogens is 372 g/mol. The van der Waals surface area contributed by atoms with Crippen LogP contribution in [0.4, 0.5) is 0 Å². The van der Waals surface area contributed by atoms with Crippen LogP contribution in [0.3, 0.4) is 0 Å². The molecule has 3 aromatic rings. The number of hydrogen-bond donors (Lipinski definition) is 1. The lowest BCUT2D eigenvalue weighted by atomic mass is 9.92. The van der Waals surface area contributed by atoms with Gasteiger partial charge in [-0.2, -0.15) is 0 Å². The van der Waals surface area contributed by atoms with Crippen molar-refractivity contribution < 1.29 is 9.90 Å². The largest absolute Gasteiger partial charge is 0.478 e. The highest BCUT2D eigenvalue weighted by Crippen LogP contribution is 2.28. The monoisotopic (exact) mass is 402 g/mol. The van der Waals surface area contributed by atoms with Crippen LogP contribution in [0, 0.1) is 5.92 Å². The predicted octanol–water partition coefficient (Wildman–Crippen LogP) is 6.44. The van der Waals surface area contributed by atoms with Crippen LogP contribution in [0.1, 0.15) is 61.5 Å². The van der Waals surface area contributed by atoms with Gasteiger partial charge in [0.1, 0.15) is 0 Å². The maximum Gasteiger partial charge on any atom is 0.336 e. The Bertz CT molecular complexity index is 979. The van der Waals surface area contributed by atoms with Crippen molar-refractivity contribution in [2.75, 3.05) is 0 Å². The molecular formula is C26H30N2O2. The van der Waals surface area contributed by atoms with Crippen molar-refractivity contribution in [3.05, 3.63) is 71.5 Å². The molecule has 0 fully saturated rings. The Balaban J connectivity index is 1.87. The molecule has 0 spiro atoms. The summed E-state index contributed by atoms with van der Waals surface area (Å²) in [6.07, 6.45) is 9.13. The summed E-state index contributed by atoms with van der Waals surface area (Å²) >= 11 is 0. The summed E-state index contributed by atoms with van der Waals surface area (Å²) in [5, 5.41) is 9.65. The molecule has 0 aliphatic rings. The molecule has 1 heterocycles. The van der Waals surface area contributed by atoms with Crippen LogP contribution in [0.2, 0.25) is 0 Å². The average Bonchev–Trinajstić information content (AvgIpc) is 2.78. The zero-order chi connectivity index (χ0) is 21.5. The van der Waals surface area contributed by atoms with Crippen molar-refractivity contribution in [3.8, 4) is 22.5 Å². The zero-order valence-electron chi connectivity index (χ0n) is 18.1. The SMILES string of the molecule is CCCCc1cnc(-c2ccc(-c3cc(C[C@@H](C)CC)ccc3C(=O)O)cc2)nc1. The number of unbranched alkanes of at least 4 members (excludes halogenated alkanes) is 1. The number of aromatic carboxylic acids is 1. The predicted molar refractivity (Wildman–Crippen MR) is 122 cm³/mol. The summed E-state index contributed by atoms with van der Waals surface area (Å²) in [7, 11) is 0. The fourth-order valence-electron chi connectivity index (χ4n) is 3.50. The molecule has 4 nitrogen and oxygen atoms in total. The molecule has 0 aliphatic heterocycles. The van der Waals surface area contributed by atoms with Gasteiger partial charge in [0.2, 0.25) is 0 Å². The van der Waals surface area contributed by atoms with Gasteiger partial charge in [0, 0.05) is 18.0 Å². The minimum atomic E-state index is -0.907. The number of aryl methyl sites for hydroxylation is 1. The molecule has 1 aromatic heterocycles. The van der Waals surface area contributed by atoms with Gasteiger partial charge in [-0.05, 0) is 53.5 Å². The third kappa shape index (κ3) is 5.32. The van der Waals surface area contributed by atoms with Crippen LogP contribution >= 0.6 is 0 Å². The third-order valence-corrected chi connectivity index (χ3v) is 5.57. The highest BCUT2D eigenvalue weighted by Gasteiger charge is 2.14. The van der Waals surface area contributed by atoms with E-state index in [1.165, 1.54) is 5.56 Å².